The van der Waals surface area contributed by atoms with Crippen LogP contribution in [0.3, 0.4) is 0 Å². The molecule has 112 valence electrons. The second-order valence-corrected chi connectivity index (χ2v) is 6.09. The van der Waals surface area contributed by atoms with Crippen molar-refractivity contribution in [1.82, 2.24) is 5.32 Å². The first kappa shape index (κ1) is 16.2. The Hall–Kier alpha value is -1.17. The third-order valence-corrected chi connectivity index (χ3v) is 4.11. The highest BCUT2D eigenvalue weighted by Crippen LogP contribution is 2.35. The van der Waals surface area contributed by atoms with Gasteiger partial charge >= 0.3 is 5.97 Å². The Morgan fingerprint density at radius 1 is 1.38 bits per heavy atom. The molecule has 1 heterocycles. The van der Waals surface area contributed by atoms with Gasteiger partial charge in [-0.1, -0.05) is 41.9 Å². The fourth-order valence-electron chi connectivity index (χ4n) is 2.18. The zero-order valence-electron chi connectivity index (χ0n) is 11.5. The van der Waals surface area contributed by atoms with Gasteiger partial charge in [0, 0.05) is 15.7 Å². The second kappa shape index (κ2) is 6.73. The molecule has 0 spiro atoms. The highest BCUT2D eigenvalue weighted by atomic mass is 35.5. The molecule has 1 aliphatic rings. The van der Waals surface area contributed by atoms with Crippen molar-refractivity contribution >= 4 is 46.1 Å². The molecule has 1 aromatic rings. The summed E-state index contributed by atoms with van der Waals surface area (Å²) >= 11 is 13.5. The molecule has 1 aromatic carbocycles. The van der Waals surface area contributed by atoms with Crippen LogP contribution in [0.5, 0.6) is 0 Å². The molecule has 0 fully saturated rings. The lowest BCUT2D eigenvalue weighted by Crippen LogP contribution is -2.30. The van der Waals surface area contributed by atoms with Crippen LogP contribution < -0.4 is 5.32 Å². The minimum atomic E-state index is -0.996. The van der Waals surface area contributed by atoms with Crippen molar-refractivity contribution in [2.24, 2.45) is 4.99 Å². The van der Waals surface area contributed by atoms with Gasteiger partial charge in [-0.25, -0.2) is 9.79 Å². The van der Waals surface area contributed by atoms with Gasteiger partial charge in [-0.3, -0.25) is 0 Å². The van der Waals surface area contributed by atoms with E-state index in [-0.39, 0.29) is 5.57 Å². The van der Waals surface area contributed by atoms with Crippen LogP contribution in [-0.2, 0) is 4.79 Å². The Bertz CT molecular complexity index is 624. The number of allylic oxidation sites excluding steroid dienone is 1. The van der Waals surface area contributed by atoms with Gasteiger partial charge in [0.05, 0.1) is 5.57 Å². The van der Waals surface area contributed by atoms with Gasteiger partial charge in [0.1, 0.15) is 6.04 Å². The topological polar surface area (TPSA) is 61.7 Å². The fourth-order valence-corrected chi connectivity index (χ4v) is 3.16. The molecule has 0 radical (unpaired) electrons. The molecule has 0 bridgehead atoms. The summed E-state index contributed by atoms with van der Waals surface area (Å²) in [4.78, 5) is 16.1. The van der Waals surface area contributed by atoms with E-state index in [9.17, 15) is 9.90 Å². The molecule has 4 nitrogen and oxygen atoms in total. The first-order chi connectivity index (χ1) is 9.96. The Labute approximate surface area is 137 Å². The summed E-state index contributed by atoms with van der Waals surface area (Å²) in [6.45, 7) is 1.90. The van der Waals surface area contributed by atoms with Crippen LogP contribution in [0.2, 0.25) is 10.0 Å². The maximum atomic E-state index is 11.6. The lowest BCUT2D eigenvalue weighted by Gasteiger charge is -2.25. The molecule has 0 amide bonds. The van der Waals surface area contributed by atoms with Crippen LogP contribution >= 0.6 is 35.0 Å². The predicted octanol–water partition coefficient (Wildman–Crippen LogP) is 4.11. The Morgan fingerprint density at radius 2 is 2.00 bits per heavy atom. The van der Waals surface area contributed by atoms with E-state index in [0.29, 0.717) is 32.9 Å². The van der Waals surface area contributed by atoms with E-state index < -0.39 is 12.0 Å². The number of thioether (sulfide) groups is 1. The van der Waals surface area contributed by atoms with Crippen molar-refractivity contribution in [3.05, 3.63) is 45.1 Å². The number of amidine groups is 1. The van der Waals surface area contributed by atoms with Gasteiger partial charge in [0.25, 0.3) is 0 Å². The number of benzene rings is 1. The number of rotatable bonds is 3. The molecular weight excluding hydrogens is 331 g/mol. The van der Waals surface area contributed by atoms with Gasteiger partial charge in [0.15, 0.2) is 5.17 Å². The Balaban J connectivity index is 2.59. The average molecular weight is 345 g/mol. The summed E-state index contributed by atoms with van der Waals surface area (Å²) in [6, 6.07) is 4.39. The normalized spacial score (nSPS) is 18.3. The van der Waals surface area contributed by atoms with Gasteiger partial charge in [-0.2, -0.15) is 0 Å². The molecule has 2 N–H and O–H groups in total. The fraction of sp³-hybridized carbons (Fsp3) is 0.286. The van der Waals surface area contributed by atoms with E-state index in [1.54, 1.807) is 18.2 Å². The molecule has 1 unspecified atom stereocenters. The molecule has 0 aromatic heterocycles. The summed E-state index contributed by atoms with van der Waals surface area (Å²) in [6.07, 6.45) is 2.46. The minimum Gasteiger partial charge on any atom is -0.478 e. The SMILES string of the molecule is CCC1=C(C(=O)O)C(c2cc(Cl)cc(Cl)c2)N=C(SC)N1. The maximum absolute atomic E-state index is 11.6. The summed E-state index contributed by atoms with van der Waals surface area (Å²) < 4.78 is 0. The largest absolute Gasteiger partial charge is 0.478 e. The molecule has 0 aliphatic carbocycles. The van der Waals surface area contributed by atoms with Crippen molar-refractivity contribution in [2.75, 3.05) is 6.26 Å². The van der Waals surface area contributed by atoms with E-state index in [1.165, 1.54) is 11.8 Å². The zero-order chi connectivity index (χ0) is 15.6. The number of aliphatic imine (C=N–C) groups is 1. The van der Waals surface area contributed by atoms with E-state index in [0.717, 1.165) is 0 Å². The summed E-state index contributed by atoms with van der Waals surface area (Å²) in [7, 11) is 0. The van der Waals surface area contributed by atoms with Gasteiger partial charge in [-0.15, -0.1) is 0 Å². The number of hydrogen-bond acceptors (Lipinski definition) is 4. The third kappa shape index (κ3) is 3.54. The second-order valence-electron chi connectivity index (χ2n) is 4.42. The predicted molar refractivity (Wildman–Crippen MR) is 88.2 cm³/mol. The molecule has 21 heavy (non-hydrogen) atoms. The van der Waals surface area contributed by atoms with Crippen molar-refractivity contribution in [3.63, 3.8) is 0 Å². The van der Waals surface area contributed by atoms with Crippen LogP contribution in [-0.4, -0.2) is 22.5 Å². The number of nitrogens with zero attached hydrogens (tertiary/aromatic N) is 1. The maximum Gasteiger partial charge on any atom is 0.335 e. The Kier molecular flexibility index (Phi) is 5.19. The molecule has 2 rings (SSSR count). The lowest BCUT2D eigenvalue weighted by atomic mass is 9.95. The number of nitrogens with one attached hydrogen (secondary N) is 1. The van der Waals surface area contributed by atoms with Crippen molar-refractivity contribution < 1.29 is 9.90 Å². The van der Waals surface area contributed by atoms with Gasteiger partial charge in [-0.05, 0) is 36.4 Å². The molecule has 7 heteroatoms. The summed E-state index contributed by atoms with van der Waals surface area (Å²) in [5.41, 5.74) is 1.56. The third-order valence-electron chi connectivity index (χ3n) is 3.08. The number of carboxylic acid groups (broad SMARTS) is 1. The first-order valence-electron chi connectivity index (χ1n) is 6.27. The molecule has 0 saturated carbocycles. The number of aliphatic carboxylic acids is 1. The van der Waals surface area contributed by atoms with Crippen LogP contribution in [0, 0.1) is 0 Å². The molecule has 1 atom stereocenters. The standard InChI is InChI=1S/C14H14Cl2N2O2S/c1-3-10-11(13(19)20)12(18-14(17-10)21-2)7-4-8(15)6-9(16)5-7/h4-6,12H,3H2,1-2H3,(H,17,18)(H,19,20). The van der Waals surface area contributed by atoms with Crippen LogP contribution in [0.1, 0.15) is 24.9 Å². The van der Waals surface area contributed by atoms with E-state index >= 15 is 0 Å². The average Bonchev–Trinajstić information content (AvgIpc) is 2.44. The Morgan fingerprint density at radius 3 is 2.48 bits per heavy atom. The quantitative estimate of drug-likeness (QED) is 0.866. The minimum absolute atomic E-state index is 0.230. The monoisotopic (exact) mass is 344 g/mol. The zero-order valence-corrected chi connectivity index (χ0v) is 13.8. The molecule has 0 saturated heterocycles. The van der Waals surface area contributed by atoms with Crippen LogP contribution in [0.15, 0.2) is 34.5 Å². The lowest BCUT2D eigenvalue weighted by molar-refractivity contribution is -0.133. The molecule has 1 aliphatic heterocycles. The number of halogens is 2. The van der Waals surface area contributed by atoms with Crippen LogP contribution in [0.4, 0.5) is 0 Å². The number of carboxylic acids is 1. The number of hydrogen-bond donors (Lipinski definition) is 2. The van der Waals surface area contributed by atoms with Crippen molar-refractivity contribution in [3.8, 4) is 0 Å². The van der Waals surface area contributed by atoms with Crippen LogP contribution in [0.25, 0.3) is 0 Å². The highest BCUT2D eigenvalue weighted by Gasteiger charge is 2.30. The summed E-state index contributed by atoms with van der Waals surface area (Å²) in [5, 5.41) is 14.2. The van der Waals surface area contributed by atoms with E-state index in [1.807, 2.05) is 13.2 Å². The van der Waals surface area contributed by atoms with Gasteiger partial charge in [0.2, 0.25) is 0 Å². The number of carbonyl (C=O) groups is 1. The smallest absolute Gasteiger partial charge is 0.335 e. The van der Waals surface area contributed by atoms with E-state index in [4.69, 9.17) is 23.2 Å². The van der Waals surface area contributed by atoms with E-state index in [2.05, 4.69) is 10.3 Å². The molecular formula is C14H14Cl2N2O2S. The first-order valence-corrected chi connectivity index (χ1v) is 8.25. The van der Waals surface area contributed by atoms with Crippen molar-refractivity contribution in [1.29, 1.82) is 0 Å². The highest BCUT2D eigenvalue weighted by molar-refractivity contribution is 8.13. The van der Waals surface area contributed by atoms with Gasteiger partial charge < -0.3 is 10.4 Å². The van der Waals surface area contributed by atoms with Crippen molar-refractivity contribution in [2.45, 2.75) is 19.4 Å². The summed E-state index contributed by atoms with van der Waals surface area (Å²) in [5.74, 6) is -0.996.